The van der Waals surface area contributed by atoms with Crippen LogP contribution in [0, 0.1) is 0 Å². The molecule has 0 aliphatic rings. The number of alkyl halides is 17. The summed E-state index contributed by atoms with van der Waals surface area (Å²) >= 11 is 0. The third-order valence-electron chi connectivity index (χ3n) is 5.23. The fourth-order valence-corrected chi connectivity index (χ4v) is 3.80. The monoisotopic (exact) mass is 641 g/mol. The summed E-state index contributed by atoms with van der Waals surface area (Å²) in [5.74, 6) is -54.8. The topological polar surface area (TPSA) is 94.5 Å². The predicted octanol–water partition coefficient (Wildman–Crippen LogP) is 4.29. The van der Waals surface area contributed by atoms with Gasteiger partial charge in [0.05, 0.1) is 12.5 Å². The lowest BCUT2D eigenvalue weighted by Crippen LogP contribution is -2.79. The normalized spacial score (nSPS) is 17.1. The van der Waals surface area contributed by atoms with Gasteiger partial charge in [-0.15, -0.1) is 21.1 Å². The zero-order valence-electron chi connectivity index (χ0n) is 18.2. The fourth-order valence-electron chi connectivity index (χ4n) is 2.75. The van der Waals surface area contributed by atoms with Crippen molar-refractivity contribution >= 4 is 16.3 Å². The van der Waals surface area contributed by atoms with Gasteiger partial charge in [-0.1, -0.05) is 6.58 Å². The molecule has 0 aliphatic carbocycles. The molecule has 39 heavy (non-hydrogen) atoms. The Hall–Kier alpha value is -2.11. The van der Waals surface area contributed by atoms with Crippen LogP contribution in [0.4, 0.5) is 74.6 Å². The molecule has 0 aliphatic heterocycles. The SMILES string of the molecule is C=C(CC[N+](CC)(C(F)(F)C(F)(F)C(F)(F)C(F)(F)C(F)(F)C(F)(F)C(F)(F)C(F)(F)F)S(=O)(=O)O)C(=O)[O-]. The molecule has 0 radical (unpaired) electrons. The molecular formula is C15H12F17NO5S. The Morgan fingerprint density at radius 3 is 1.28 bits per heavy atom. The third-order valence-corrected chi connectivity index (χ3v) is 6.79. The summed E-state index contributed by atoms with van der Waals surface area (Å²) in [4.78, 5) is 10.6. The van der Waals surface area contributed by atoms with Gasteiger partial charge in [0.1, 0.15) is 6.54 Å². The summed E-state index contributed by atoms with van der Waals surface area (Å²) in [7, 11) is -7.08. The lowest BCUT2D eigenvalue weighted by atomic mass is 9.90. The van der Waals surface area contributed by atoms with E-state index >= 15 is 0 Å². The van der Waals surface area contributed by atoms with Crippen molar-refractivity contribution in [3.8, 4) is 0 Å². The van der Waals surface area contributed by atoms with E-state index in [9.17, 15) is 93.0 Å². The molecule has 0 fully saturated rings. The number of carboxylic acid groups (broad SMARTS) is 1. The van der Waals surface area contributed by atoms with Gasteiger partial charge in [-0.05, 0) is 12.5 Å². The molecule has 0 rings (SSSR count). The molecule has 6 nitrogen and oxygen atoms in total. The molecule has 0 heterocycles. The smallest absolute Gasteiger partial charge is 0.478 e. The molecule has 24 heteroatoms. The van der Waals surface area contributed by atoms with Crippen molar-refractivity contribution in [3.05, 3.63) is 12.2 Å². The maximum atomic E-state index is 14.7. The number of hydrogen-bond donors (Lipinski definition) is 1. The van der Waals surface area contributed by atoms with E-state index < -0.39 is 93.0 Å². The second-order valence-electron chi connectivity index (χ2n) is 7.50. The molecule has 0 aromatic carbocycles. The molecule has 0 saturated heterocycles. The summed E-state index contributed by atoms with van der Waals surface area (Å²) in [6, 6.07) is -7.59. The molecule has 0 spiro atoms. The highest BCUT2D eigenvalue weighted by Crippen LogP contribution is 2.65. The highest BCUT2D eigenvalue weighted by atomic mass is 32.2. The van der Waals surface area contributed by atoms with Crippen LogP contribution in [0.2, 0.25) is 0 Å². The van der Waals surface area contributed by atoms with Crippen LogP contribution in [0.15, 0.2) is 12.2 Å². The first-order valence-electron chi connectivity index (χ1n) is 9.09. The first kappa shape index (κ1) is 36.9. The van der Waals surface area contributed by atoms with Crippen LogP contribution in [-0.4, -0.2) is 83.7 Å². The number of aliphatic carboxylic acids is 1. The van der Waals surface area contributed by atoms with Gasteiger partial charge >= 0.3 is 58.1 Å². The Morgan fingerprint density at radius 1 is 0.718 bits per heavy atom. The van der Waals surface area contributed by atoms with Crippen molar-refractivity contribution < 1.29 is 101 Å². The van der Waals surface area contributed by atoms with Crippen molar-refractivity contribution in [2.75, 3.05) is 13.1 Å². The zero-order valence-corrected chi connectivity index (χ0v) is 19.0. The Morgan fingerprint density at radius 2 is 1.03 bits per heavy atom. The highest BCUT2D eigenvalue weighted by Gasteiger charge is 2.97. The Labute approximate surface area is 205 Å². The third kappa shape index (κ3) is 4.88. The largest absolute Gasteiger partial charge is 0.545 e. The Kier molecular flexibility index (Phi) is 9.24. The van der Waals surface area contributed by atoms with Crippen LogP contribution < -0.4 is 5.11 Å². The van der Waals surface area contributed by atoms with Gasteiger partial charge in [0.25, 0.3) is 0 Å². The van der Waals surface area contributed by atoms with Crippen molar-refractivity contribution in [3.63, 3.8) is 0 Å². The van der Waals surface area contributed by atoms with Crippen molar-refractivity contribution in [2.24, 2.45) is 0 Å². The van der Waals surface area contributed by atoms with Crippen LogP contribution >= 0.6 is 0 Å². The number of carbonyl (C=O) groups excluding carboxylic acids is 1. The summed E-state index contributed by atoms with van der Waals surface area (Å²) < 4.78 is 257. The molecular weight excluding hydrogens is 629 g/mol. The van der Waals surface area contributed by atoms with Crippen LogP contribution in [0.1, 0.15) is 13.3 Å². The molecule has 232 valence electrons. The standard InChI is InChI=1S/C15H12F17NO5S/c1-3-33(39(36,37)38,5-4-6(2)7(34)35)15(31,32)13(26,27)11(22,23)9(18,19)8(16,17)10(20,21)12(24,25)14(28,29)30/h2-5H2,1H3,(H-,34,35,36,37,38). The van der Waals surface area contributed by atoms with Gasteiger partial charge in [-0.3, -0.25) is 0 Å². The zero-order chi connectivity index (χ0) is 32.3. The highest BCUT2D eigenvalue weighted by molar-refractivity contribution is 7.80. The number of rotatable bonds is 13. The van der Waals surface area contributed by atoms with Crippen molar-refractivity contribution in [2.45, 2.75) is 61.1 Å². The van der Waals surface area contributed by atoms with Crippen LogP contribution in [0.25, 0.3) is 0 Å². The predicted molar refractivity (Wildman–Crippen MR) is 86.7 cm³/mol. The fraction of sp³-hybridized carbons (Fsp3) is 0.800. The molecule has 0 bridgehead atoms. The van der Waals surface area contributed by atoms with Gasteiger partial charge in [-0.2, -0.15) is 65.9 Å². The van der Waals surface area contributed by atoms with Crippen molar-refractivity contribution in [1.29, 1.82) is 0 Å². The molecule has 1 N–H and O–H groups in total. The first-order chi connectivity index (χ1) is 16.6. The lowest BCUT2D eigenvalue weighted by molar-refractivity contribution is -0.922. The van der Waals surface area contributed by atoms with Crippen molar-refractivity contribution in [1.82, 2.24) is 0 Å². The first-order valence-corrected chi connectivity index (χ1v) is 10.5. The minimum Gasteiger partial charge on any atom is -0.545 e. The maximum absolute atomic E-state index is 14.7. The second-order valence-corrected chi connectivity index (χ2v) is 9.10. The second kappa shape index (κ2) is 9.76. The lowest BCUT2D eigenvalue weighted by Gasteiger charge is -2.46. The number of hydrogen-bond acceptors (Lipinski definition) is 4. The average Bonchev–Trinajstić information content (AvgIpc) is 2.71. The van der Waals surface area contributed by atoms with Gasteiger partial charge < -0.3 is 9.90 Å². The van der Waals surface area contributed by atoms with E-state index in [0.717, 1.165) is 0 Å². The van der Waals surface area contributed by atoms with E-state index in [-0.39, 0.29) is 6.92 Å². The minimum absolute atomic E-state index is 0.0114. The summed E-state index contributed by atoms with van der Waals surface area (Å²) in [5.41, 5.74) is -1.51. The van der Waals surface area contributed by atoms with E-state index in [1.54, 1.807) is 0 Å². The Bertz CT molecular complexity index is 1070. The molecule has 1 atom stereocenters. The van der Waals surface area contributed by atoms with Gasteiger partial charge in [-0.25, -0.2) is 4.55 Å². The molecule has 0 saturated carbocycles. The van der Waals surface area contributed by atoms with E-state index in [4.69, 9.17) is 4.55 Å². The Balaban J connectivity index is 7.38. The molecule has 0 aromatic rings. The van der Waals surface area contributed by atoms with E-state index in [2.05, 4.69) is 6.58 Å². The number of carbonyl (C=O) groups is 1. The summed E-state index contributed by atoms with van der Waals surface area (Å²) in [6.07, 6.45) is -9.80. The van der Waals surface area contributed by atoms with Gasteiger partial charge in [0.15, 0.2) is 0 Å². The number of quaternary nitrogens is 1. The average molecular weight is 641 g/mol. The summed E-state index contributed by atoms with van der Waals surface area (Å²) in [6.45, 7) is -2.38. The number of nitrogens with zero attached hydrogens (tertiary/aromatic N) is 1. The number of carboxylic acids is 1. The summed E-state index contributed by atoms with van der Waals surface area (Å²) in [5, 5.41) is 10.6. The molecule has 0 amide bonds. The number of halogens is 17. The van der Waals surface area contributed by atoms with E-state index in [1.807, 2.05) is 0 Å². The van der Waals surface area contributed by atoms with Crippen LogP contribution in [-0.2, 0) is 15.1 Å². The minimum atomic E-state index is -8.97. The molecule has 1 unspecified atom stereocenters. The van der Waals surface area contributed by atoms with Crippen LogP contribution in [0.5, 0.6) is 0 Å². The van der Waals surface area contributed by atoms with Gasteiger partial charge in [0, 0.05) is 6.42 Å². The molecule has 0 aromatic heterocycles. The maximum Gasteiger partial charge on any atom is 0.478 e. The van der Waals surface area contributed by atoms with E-state index in [1.165, 1.54) is 0 Å². The van der Waals surface area contributed by atoms with Gasteiger partial charge in [0.2, 0.25) is 0 Å². The van der Waals surface area contributed by atoms with Crippen LogP contribution in [0.3, 0.4) is 0 Å². The quantitative estimate of drug-likeness (QED) is 0.107. The van der Waals surface area contributed by atoms with E-state index in [0.29, 0.717) is 0 Å².